The Morgan fingerprint density at radius 2 is 2.27 bits per heavy atom. The molecule has 3 rings (SSSR count). The lowest BCUT2D eigenvalue weighted by molar-refractivity contribution is -0.000218. The van der Waals surface area contributed by atoms with Crippen LogP contribution >= 0.6 is 0 Å². The SMILES string of the molecule is CN(C[C@@H]1CCCCO1)C(=O)c1cn(C)nc1[C@H]1CCOC1. The Hall–Kier alpha value is -1.40. The number of amides is 1. The molecule has 0 spiro atoms. The summed E-state index contributed by atoms with van der Waals surface area (Å²) < 4.78 is 12.9. The lowest BCUT2D eigenvalue weighted by atomic mass is 10.0. The van der Waals surface area contributed by atoms with Gasteiger partial charge in [-0.15, -0.1) is 0 Å². The van der Waals surface area contributed by atoms with Crippen LogP contribution in [0.1, 0.15) is 47.7 Å². The molecule has 2 fully saturated rings. The minimum Gasteiger partial charge on any atom is -0.381 e. The maximum atomic E-state index is 12.8. The Balaban J connectivity index is 1.70. The number of aryl methyl sites for hydroxylation is 1. The van der Waals surface area contributed by atoms with Crippen molar-refractivity contribution in [1.82, 2.24) is 14.7 Å². The second-order valence-corrected chi connectivity index (χ2v) is 6.34. The molecule has 0 bridgehead atoms. The summed E-state index contributed by atoms with van der Waals surface area (Å²) in [6.45, 7) is 2.87. The van der Waals surface area contributed by atoms with Crippen molar-refractivity contribution in [2.24, 2.45) is 7.05 Å². The molecule has 1 aromatic heterocycles. The van der Waals surface area contributed by atoms with Crippen LogP contribution in [0, 0.1) is 0 Å². The zero-order chi connectivity index (χ0) is 15.5. The van der Waals surface area contributed by atoms with Crippen molar-refractivity contribution in [3.05, 3.63) is 17.5 Å². The van der Waals surface area contributed by atoms with Gasteiger partial charge in [0.05, 0.1) is 24.0 Å². The number of hydrogen-bond acceptors (Lipinski definition) is 4. The van der Waals surface area contributed by atoms with Gasteiger partial charge in [0.25, 0.3) is 5.91 Å². The normalized spacial score (nSPS) is 25.4. The van der Waals surface area contributed by atoms with Gasteiger partial charge in [0.15, 0.2) is 0 Å². The van der Waals surface area contributed by atoms with Crippen LogP contribution in [-0.2, 0) is 16.5 Å². The van der Waals surface area contributed by atoms with Crippen LogP contribution in [0.3, 0.4) is 0 Å². The van der Waals surface area contributed by atoms with Gasteiger partial charge in [0.1, 0.15) is 0 Å². The topological polar surface area (TPSA) is 56.6 Å². The van der Waals surface area contributed by atoms with Crippen molar-refractivity contribution >= 4 is 5.91 Å². The van der Waals surface area contributed by atoms with Gasteiger partial charge in [0.2, 0.25) is 0 Å². The molecule has 2 atom stereocenters. The van der Waals surface area contributed by atoms with Crippen LogP contribution in [0.25, 0.3) is 0 Å². The third kappa shape index (κ3) is 3.33. The van der Waals surface area contributed by atoms with E-state index < -0.39 is 0 Å². The molecule has 0 unspecified atom stereocenters. The van der Waals surface area contributed by atoms with E-state index in [1.807, 2.05) is 20.3 Å². The first-order chi connectivity index (χ1) is 10.6. The first kappa shape index (κ1) is 15.5. The zero-order valence-electron chi connectivity index (χ0n) is 13.5. The summed E-state index contributed by atoms with van der Waals surface area (Å²) in [5.41, 5.74) is 1.58. The van der Waals surface area contributed by atoms with Crippen LogP contribution in [0.2, 0.25) is 0 Å². The quantitative estimate of drug-likeness (QED) is 0.847. The minimum atomic E-state index is 0.0316. The van der Waals surface area contributed by atoms with E-state index in [1.165, 1.54) is 6.42 Å². The number of ether oxygens (including phenoxy) is 2. The van der Waals surface area contributed by atoms with Gasteiger partial charge in [-0.2, -0.15) is 5.10 Å². The number of hydrogen-bond donors (Lipinski definition) is 0. The molecule has 0 aliphatic carbocycles. The smallest absolute Gasteiger partial charge is 0.257 e. The van der Waals surface area contributed by atoms with E-state index in [0.29, 0.717) is 18.7 Å². The predicted octanol–water partition coefficient (Wildman–Crippen LogP) is 1.57. The molecule has 22 heavy (non-hydrogen) atoms. The molecule has 2 saturated heterocycles. The Kier molecular flexibility index (Phi) is 4.78. The standard InChI is InChI=1S/C16H25N3O3/c1-18(9-13-5-3-4-7-22-13)16(20)14-10-19(2)17-15(14)12-6-8-21-11-12/h10,12-13H,3-9,11H2,1-2H3/t12-,13-/m0/s1. The van der Waals surface area contributed by atoms with E-state index in [2.05, 4.69) is 5.10 Å². The highest BCUT2D eigenvalue weighted by atomic mass is 16.5. The van der Waals surface area contributed by atoms with Gasteiger partial charge in [-0.1, -0.05) is 0 Å². The van der Waals surface area contributed by atoms with Crippen LogP contribution in [0.4, 0.5) is 0 Å². The Bertz CT molecular complexity index is 517. The van der Waals surface area contributed by atoms with Gasteiger partial charge >= 0.3 is 0 Å². The van der Waals surface area contributed by atoms with E-state index in [-0.39, 0.29) is 17.9 Å². The first-order valence-electron chi connectivity index (χ1n) is 8.13. The molecule has 1 amide bonds. The van der Waals surface area contributed by atoms with E-state index in [1.54, 1.807) is 9.58 Å². The number of carbonyl (C=O) groups is 1. The molecule has 0 N–H and O–H groups in total. The van der Waals surface area contributed by atoms with Gasteiger partial charge in [-0.3, -0.25) is 9.48 Å². The molecular formula is C16H25N3O3. The molecule has 3 heterocycles. The maximum absolute atomic E-state index is 12.8. The number of carbonyl (C=O) groups excluding carboxylic acids is 1. The molecule has 2 aliphatic rings. The van der Waals surface area contributed by atoms with Crippen LogP contribution in [0.5, 0.6) is 0 Å². The summed E-state index contributed by atoms with van der Waals surface area (Å²) in [6, 6.07) is 0. The van der Waals surface area contributed by atoms with Crippen LogP contribution in [0.15, 0.2) is 6.20 Å². The second-order valence-electron chi connectivity index (χ2n) is 6.34. The Morgan fingerprint density at radius 1 is 1.41 bits per heavy atom. The van der Waals surface area contributed by atoms with Crippen molar-refractivity contribution in [2.45, 2.75) is 37.7 Å². The third-order valence-electron chi connectivity index (χ3n) is 4.50. The first-order valence-corrected chi connectivity index (χ1v) is 8.13. The molecule has 2 aliphatic heterocycles. The highest BCUT2D eigenvalue weighted by molar-refractivity contribution is 5.95. The molecule has 6 heteroatoms. The molecule has 0 saturated carbocycles. The number of aromatic nitrogens is 2. The van der Waals surface area contributed by atoms with Crippen molar-refractivity contribution < 1.29 is 14.3 Å². The fraction of sp³-hybridized carbons (Fsp3) is 0.750. The van der Waals surface area contributed by atoms with Gasteiger partial charge < -0.3 is 14.4 Å². The average molecular weight is 307 g/mol. The molecule has 1 aromatic rings. The number of nitrogens with zero attached hydrogens (tertiary/aromatic N) is 3. The average Bonchev–Trinajstić information content (AvgIpc) is 3.16. The van der Waals surface area contributed by atoms with Gasteiger partial charge in [-0.25, -0.2) is 0 Å². The van der Waals surface area contributed by atoms with E-state index in [9.17, 15) is 4.79 Å². The van der Waals surface area contributed by atoms with Crippen molar-refractivity contribution in [2.75, 3.05) is 33.4 Å². The van der Waals surface area contributed by atoms with Crippen molar-refractivity contribution in [3.63, 3.8) is 0 Å². The fourth-order valence-corrected chi connectivity index (χ4v) is 3.27. The predicted molar refractivity (Wildman–Crippen MR) is 81.9 cm³/mol. The summed E-state index contributed by atoms with van der Waals surface area (Å²) >= 11 is 0. The van der Waals surface area contributed by atoms with Crippen molar-refractivity contribution in [3.8, 4) is 0 Å². The molecular weight excluding hydrogens is 282 g/mol. The largest absolute Gasteiger partial charge is 0.381 e. The lowest BCUT2D eigenvalue weighted by Crippen LogP contribution is -2.37. The van der Waals surface area contributed by atoms with Crippen LogP contribution in [-0.4, -0.2) is 60.1 Å². The van der Waals surface area contributed by atoms with Gasteiger partial charge in [-0.05, 0) is 25.7 Å². The summed E-state index contributed by atoms with van der Waals surface area (Å²) in [4.78, 5) is 14.6. The summed E-state index contributed by atoms with van der Waals surface area (Å²) in [5.74, 6) is 0.267. The van der Waals surface area contributed by atoms with Crippen LogP contribution < -0.4 is 0 Å². The Labute approximate surface area is 131 Å². The molecule has 6 nitrogen and oxygen atoms in total. The maximum Gasteiger partial charge on any atom is 0.257 e. The van der Waals surface area contributed by atoms with Gasteiger partial charge in [0, 0.05) is 46.0 Å². The highest BCUT2D eigenvalue weighted by Crippen LogP contribution is 2.27. The second kappa shape index (κ2) is 6.79. The van der Waals surface area contributed by atoms with E-state index in [4.69, 9.17) is 9.47 Å². The molecule has 0 aromatic carbocycles. The summed E-state index contributed by atoms with van der Waals surface area (Å²) in [6.07, 6.45) is 6.28. The third-order valence-corrected chi connectivity index (χ3v) is 4.50. The minimum absolute atomic E-state index is 0.0316. The Morgan fingerprint density at radius 3 is 2.95 bits per heavy atom. The summed E-state index contributed by atoms with van der Waals surface area (Å²) in [7, 11) is 3.71. The highest BCUT2D eigenvalue weighted by Gasteiger charge is 2.29. The molecule has 122 valence electrons. The number of likely N-dealkylation sites (N-methyl/N-ethyl adjacent to an activating group) is 1. The monoisotopic (exact) mass is 307 g/mol. The van der Waals surface area contributed by atoms with E-state index >= 15 is 0 Å². The fourth-order valence-electron chi connectivity index (χ4n) is 3.27. The molecule has 0 radical (unpaired) electrons. The zero-order valence-corrected chi connectivity index (χ0v) is 13.5. The summed E-state index contributed by atoms with van der Waals surface area (Å²) in [5, 5.41) is 4.50. The van der Waals surface area contributed by atoms with Crippen molar-refractivity contribution in [1.29, 1.82) is 0 Å². The lowest BCUT2D eigenvalue weighted by Gasteiger charge is -2.27. The number of rotatable bonds is 4. The van der Waals surface area contributed by atoms with E-state index in [0.717, 1.165) is 38.2 Å².